The molecule has 5 nitrogen and oxygen atoms in total. The number of carbonyl (C=O) groups is 2. The van der Waals surface area contributed by atoms with Gasteiger partial charge in [0.2, 0.25) is 5.91 Å². The molecular weight excluding hydrogens is 244 g/mol. The summed E-state index contributed by atoms with van der Waals surface area (Å²) in [6.45, 7) is 0. The summed E-state index contributed by atoms with van der Waals surface area (Å²) in [5.41, 5.74) is 6.34. The van der Waals surface area contributed by atoms with Gasteiger partial charge in [-0.25, -0.2) is 4.79 Å². The summed E-state index contributed by atoms with van der Waals surface area (Å²) in [5.74, 6) is 0.607. The molecule has 0 saturated carbocycles. The standard InChI is InChI=1S/C14H16N2O3/c1-2-6-11(15)13(17)16-12(14(18)19)9-10-7-4-3-5-8-10/h1,3-5,7-8,11-12H,6,9,15H2,(H,16,17)(H,18,19)/t11-,12-/m0/s1. The lowest BCUT2D eigenvalue weighted by molar-refractivity contribution is -0.141. The Balaban J connectivity index is 2.67. The topological polar surface area (TPSA) is 92.4 Å². The van der Waals surface area contributed by atoms with Crippen molar-refractivity contribution in [2.45, 2.75) is 24.9 Å². The van der Waals surface area contributed by atoms with E-state index < -0.39 is 24.0 Å². The summed E-state index contributed by atoms with van der Waals surface area (Å²) < 4.78 is 0. The Bertz CT molecular complexity index is 479. The number of amides is 1. The average Bonchev–Trinajstić information content (AvgIpc) is 2.39. The van der Waals surface area contributed by atoms with Gasteiger partial charge in [0.1, 0.15) is 6.04 Å². The second-order valence-corrected chi connectivity index (χ2v) is 4.10. The Morgan fingerprint density at radius 2 is 2.00 bits per heavy atom. The molecule has 0 spiro atoms. The van der Waals surface area contributed by atoms with Gasteiger partial charge in [0.25, 0.3) is 0 Å². The Kier molecular flexibility index (Phi) is 5.58. The van der Waals surface area contributed by atoms with E-state index in [1.165, 1.54) is 0 Å². The van der Waals surface area contributed by atoms with Crippen molar-refractivity contribution in [2.24, 2.45) is 5.73 Å². The molecule has 19 heavy (non-hydrogen) atoms. The third kappa shape index (κ3) is 4.82. The highest BCUT2D eigenvalue weighted by atomic mass is 16.4. The van der Waals surface area contributed by atoms with Crippen molar-refractivity contribution in [1.29, 1.82) is 0 Å². The van der Waals surface area contributed by atoms with E-state index in [-0.39, 0.29) is 12.8 Å². The number of hydrogen-bond donors (Lipinski definition) is 3. The molecule has 1 rings (SSSR count). The Morgan fingerprint density at radius 3 is 2.53 bits per heavy atom. The van der Waals surface area contributed by atoms with Gasteiger partial charge in [0, 0.05) is 12.8 Å². The zero-order valence-electron chi connectivity index (χ0n) is 10.4. The summed E-state index contributed by atoms with van der Waals surface area (Å²) in [6.07, 6.45) is 5.33. The van der Waals surface area contributed by atoms with E-state index in [0.717, 1.165) is 5.56 Å². The van der Waals surface area contributed by atoms with Crippen LogP contribution < -0.4 is 11.1 Å². The fourth-order valence-electron chi connectivity index (χ4n) is 1.55. The number of nitrogens with two attached hydrogens (primary N) is 1. The zero-order valence-corrected chi connectivity index (χ0v) is 10.4. The summed E-state index contributed by atoms with van der Waals surface area (Å²) in [5, 5.41) is 11.5. The highest BCUT2D eigenvalue weighted by molar-refractivity contribution is 5.87. The van der Waals surface area contributed by atoms with E-state index in [4.69, 9.17) is 17.3 Å². The van der Waals surface area contributed by atoms with Crippen LogP contribution in [0.15, 0.2) is 30.3 Å². The molecule has 0 radical (unpaired) electrons. The molecule has 0 aliphatic heterocycles. The molecule has 0 fully saturated rings. The number of rotatable bonds is 6. The van der Waals surface area contributed by atoms with Crippen LogP contribution in [0.25, 0.3) is 0 Å². The number of hydrogen-bond acceptors (Lipinski definition) is 3. The van der Waals surface area contributed by atoms with E-state index in [1.807, 2.05) is 6.07 Å². The molecule has 1 aromatic rings. The number of aliphatic carboxylic acids is 1. The van der Waals surface area contributed by atoms with Crippen LogP contribution in [-0.2, 0) is 16.0 Å². The maximum absolute atomic E-state index is 11.6. The molecule has 2 atom stereocenters. The number of carbonyl (C=O) groups excluding carboxylic acids is 1. The molecule has 0 saturated heterocycles. The summed E-state index contributed by atoms with van der Waals surface area (Å²) in [7, 11) is 0. The molecule has 0 heterocycles. The molecule has 1 amide bonds. The van der Waals surface area contributed by atoms with Gasteiger partial charge in [-0.2, -0.15) is 0 Å². The number of carboxylic acid groups (broad SMARTS) is 1. The highest BCUT2D eigenvalue weighted by Crippen LogP contribution is 2.04. The Morgan fingerprint density at radius 1 is 1.37 bits per heavy atom. The van der Waals surface area contributed by atoms with Crippen molar-refractivity contribution in [1.82, 2.24) is 5.32 Å². The Hall–Kier alpha value is -2.32. The molecule has 4 N–H and O–H groups in total. The van der Waals surface area contributed by atoms with Crippen molar-refractivity contribution in [2.75, 3.05) is 0 Å². The highest BCUT2D eigenvalue weighted by Gasteiger charge is 2.23. The molecular formula is C14H16N2O3. The fourth-order valence-corrected chi connectivity index (χ4v) is 1.55. The third-order valence-corrected chi connectivity index (χ3v) is 2.57. The third-order valence-electron chi connectivity index (χ3n) is 2.57. The SMILES string of the molecule is C#CC[C@H](N)C(=O)N[C@@H](Cc1ccccc1)C(=O)O. The van der Waals surface area contributed by atoms with Crippen molar-refractivity contribution < 1.29 is 14.7 Å². The van der Waals surface area contributed by atoms with Gasteiger partial charge < -0.3 is 16.2 Å². The van der Waals surface area contributed by atoms with Gasteiger partial charge in [-0.1, -0.05) is 30.3 Å². The summed E-state index contributed by atoms with van der Waals surface area (Å²) in [4.78, 5) is 22.8. The van der Waals surface area contributed by atoms with Crippen molar-refractivity contribution in [3.8, 4) is 12.3 Å². The van der Waals surface area contributed by atoms with E-state index >= 15 is 0 Å². The van der Waals surface area contributed by atoms with Crippen LogP contribution in [0.2, 0.25) is 0 Å². The Labute approximate surface area is 111 Å². The first-order valence-corrected chi connectivity index (χ1v) is 5.80. The minimum Gasteiger partial charge on any atom is -0.480 e. The van der Waals surface area contributed by atoms with Crippen molar-refractivity contribution in [3.63, 3.8) is 0 Å². The first-order valence-electron chi connectivity index (χ1n) is 5.80. The lowest BCUT2D eigenvalue weighted by Crippen LogP contribution is -2.49. The van der Waals surface area contributed by atoms with Gasteiger partial charge >= 0.3 is 5.97 Å². The predicted molar refractivity (Wildman–Crippen MR) is 71.1 cm³/mol. The number of carboxylic acids is 1. The van der Waals surface area contributed by atoms with E-state index in [9.17, 15) is 9.59 Å². The normalized spacial score (nSPS) is 13.1. The van der Waals surface area contributed by atoms with E-state index in [0.29, 0.717) is 0 Å². The molecule has 0 unspecified atom stereocenters. The largest absolute Gasteiger partial charge is 0.480 e. The second kappa shape index (κ2) is 7.19. The monoisotopic (exact) mass is 260 g/mol. The van der Waals surface area contributed by atoms with Crippen LogP contribution in [0.5, 0.6) is 0 Å². The molecule has 0 aromatic heterocycles. The smallest absolute Gasteiger partial charge is 0.326 e. The molecule has 0 aliphatic rings. The van der Waals surface area contributed by atoms with Crippen molar-refractivity contribution in [3.05, 3.63) is 35.9 Å². The molecule has 100 valence electrons. The van der Waals surface area contributed by atoms with Gasteiger partial charge in [-0.3, -0.25) is 4.79 Å². The van der Waals surface area contributed by atoms with Gasteiger partial charge in [-0.05, 0) is 5.56 Å². The predicted octanol–water partition coefficient (Wildman–Crippen LogP) is 0.149. The van der Waals surface area contributed by atoms with Gasteiger partial charge in [0.15, 0.2) is 0 Å². The maximum Gasteiger partial charge on any atom is 0.326 e. The summed E-state index contributed by atoms with van der Waals surface area (Å²) >= 11 is 0. The van der Waals surface area contributed by atoms with Crippen LogP contribution >= 0.6 is 0 Å². The zero-order chi connectivity index (χ0) is 14.3. The number of terminal acetylenes is 1. The molecule has 1 aromatic carbocycles. The van der Waals surface area contributed by atoms with Gasteiger partial charge in [0.05, 0.1) is 6.04 Å². The lowest BCUT2D eigenvalue weighted by Gasteiger charge is -2.16. The maximum atomic E-state index is 11.6. The first kappa shape index (κ1) is 14.7. The van der Waals surface area contributed by atoms with Gasteiger partial charge in [-0.15, -0.1) is 12.3 Å². The fraction of sp³-hybridized carbons (Fsp3) is 0.286. The average molecular weight is 260 g/mol. The molecule has 5 heteroatoms. The van der Waals surface area contributed by atoms with Crippen LogP contribution in [-0.4, -0.2) is 29.1 Å². The number of benzene rings is 1. The quantitative estimate of drug-likeness (QED) is 0.635. The molecule has 0 aliphatic carbocycles. The minimum absolute atomic E-state index is 0.0729. The van der Waals surface area contributed by atoms with E-state index in [2.05, 4.69) is 11.2 Å². The van der Waals surface area contributed by atoms with Crippen LogP contribution in [0, 0.1) is 12.3 Å². The van der Waals surface area contributed by atoms with Crippen molar-refractivity contribution >= 4 is 11.9 Å². The lowest BCUT2D eigenvalue weighted by atomic mass is 10.1. The first-order chi connectivity index (χ1) is 9.04. The van der Waals surface area contributed by atoms with E-state index in [1.54, 1.807) is 24.3 Å². The second-order valence-electron chi connectivity index (χ2n) is 4.10. The van der Waals surface area contributed by atoms with Crippen LogP contribution in [0.1, 0.15) is 12.0 Å². The molecule has 0 bridgehead atoms. The minimum atomic E-state index is -1.11. The summed E-state index contributed by atoms with van der Waals surface area (Å²) in [6, 6.07) is 7.13. The van der Waals surface area contributed by atoms with Crippen LogP contribution in [0.4, 0.5) is 0 Å². The van der Waals surface area contributed by atoms with Crippen LogP contribution in [0.3, 0.4) is 0 Å². The number of nitrogens with one attached hydrogen (secondary N) is 1.